The highest BCUT2D eigenvalue weighted by Crippen LogP contribution is 2.51. The highest BCUT2D eigenvalue weighted by atomic mass is 32.1. The lowest BCUT2D eigenvalue weighted by molar-refractivity contribution is 0.0979. The van der Waals surface area contributed by atoms with Gasteiger partial charge in [-0.1, -0.05) is 80.6 Å². The van der Waals surface area contributed by atoms with E-state index in [0.29, 0.717) is 22.3 Å². The van der Waals surface area contributed by atoms with Crippen LogP contribution in [-0.4, -0.2) is 16.6 Å². The zero-order valence-electron chi connectivity index (χ0n) is 22.0. The van der Waals surface area contributed by atoms with Crippen molar-refractivity contribution in [3.05, 3.63) is 137 Å². The number of carbonyl (C=O) groups is 2. The van der Waals surface area contributed by atoms with Gasteiger partial charge < -0.3 is 0 Å². The van der Waals surface area contributed by atoms with Gasteiger partial charge in [-0.05, 0) is 69.8 Å². The number of fused-ring (bicyclic) bond motifs is 6. The molecule has 1 aromatic heterocycles. The zero-order chi connectivity index (χ0) is 27.2. The Morgan fingerprint density at radius 2 is 1.07 bits per heavy atom. The first kappa shape index (κ1) is 23.2. The molecule has 1 heterocycles. The van der Waals surface area contributed by atoms with Crippen LogP contribution in [0.15, 0.2) is 103 Å². The number of benzene rings is 5. The smallest absolute Gasteiger partial charge is 0.194 e. The van der Waals surface area contributed by atoms with E-state index in [1.807, 2.05) is 18.2 Å². The van der Waals surface area contributed by atoms with Gasteiger partial charge in [0.15, 0.2) is 11.6 Å². The van der Waals surface area contributed by atoms with Crippen LogP contribution in [0.1, 0.15) is 56.8 Å². The minimum atomic E-state index is -0.202. The highest BCUT2D eigenvalue weighted by molar-refractivity contribution is 7.21. The molecule has 0 radical (unpaired) electrons. The predicted molar refractivity (Wildman–Crippen MR) is 161 cm³/mol. The Balaban J connectivity index is 1.20. The van der Waals surface area contributed by atoms with Crippen molar-refractivity contribution in [3.8, 4) is 32.8 Å². The molecule has 3 nitrogen and oxygen atoms in total. The minimum Gasteiger partial charge on any atom is -0.289 e. The summed E-state index contributed by atoms with van der Waals surface area (Å²) in [5, 5.41) is 1.03. The third-order valence-electron chi connectivity index (χ3n) is 8.48. The summed E-state index contributed by atoms with van der Waals surface area (Å²) in [4.78, 5) is 31.3. The van der Waals surface area contributed by atoms with Crippen LogP contribution >= 0.6 is 11.3 Å². The molecule has 0 saturated carbocycles. The number of thiazole rings is 1. The molecule has 0 N–H and O–H groups in total. The van der Waals surface area contributed by atoms with Crippen molar-refractivity contribution < 1.29 is 9.59 Å². The zero-order valence-corrected chi connectivity index (χ0v) is 22.8. The SMILES string of the molecule is CC1(C)c2cc(-c3ccc4c(c3)C(=O)c3ccccc3C4=O)ccc2-c2ccc(-c3nc4ccccc4s3)cc21. The molecule has 0 spiro atoms. The lowest BCUT2D eigenvalue weighted by atomic mass is 9.80. The average Bonchev–Trinajstić information content (AvgIpc) is 3.52. The second-order valence-electron chi connectivity index (χ2n) is 11.1. The number of carbonyl (C=O) groups excluding carboxylic acids is 2. The number of ketones is 2. The van der Waals surface area contributed by atoms with Crippen molar-refractivity contribution >= 4 is 33.1 Å². The molecule has 40 heavy (non-hydrogen) atoms. The summed E-state index contributed by atoms with van der Waals surface area (Å²) < 4.78 is 1.19. The standard InChI is InChI=1S/C36H23NO2S/c1-36(2)29-18-21(20-12-16-27-28(17-20)34(39)26-8-4-3-7-25(26)33(27)38)11-14-23(29)24-15-13-22(19-30(24)36)35-37-31-9-5-6-10-32(31)40-35/h3-19H,1-2H3. The van der Waals surface area contributed by atoms with Crippen molar-refractivity contribution in [2.75, 3.05) is 0 Å². The summed E-state index contributed by atoms with van der Waals surface area (Å²) in [7, 11) is 0. The Morgan fingerprint density at radius 1 is 0.550 bits per heavy atom. The van der Waals surface area contributed by atoms with E-state index < -0.39 is 0 Å². The average molecular weight is 534 g/mol. The molecule has 4 heteroatoms. The maximum absolute atomic E-state index is 13.3. The van der Waals surface area contributed by atoms with Crippen LogP contribution in [0.4, 0.5) is 0 Å². The van der Waals surface area contributed by atoms with Gasteiger partial charge in [-0.2, -0.15) is 0 Å². The number of hydrogen-bond acceptors (Lipinski definition) is 4. The van der Waals surface area contributed by atoms with Crippen molar-refractivity contribution in [3.63, 3.8) is 0 Å². The molecule has 0 saturated heterocycles. The molecule has 6 aromatic rings. The first-order valence-electron chi connectivity index (χ1n) is 13.4. The van der Waals surface area contributed by atoms with Gasteiger partial charge in [0.05, 0.1) is 10.2 Å². The monoisotopic (exact) mass is 533 g/mol. The molecule has 0 unspecified atom stereocenters. The Labute approximate surface area is 235 Å². The van der Waals surface area contributed by atoms with Gasteiger partial charge in [0.25, 0.3) is 0 Å². The van der Waals surface area contributed by atoms with Crippen molar-refractivity contribution in [2.45, 2.75) is 19.3 Å². The second kappa shape index (κ2) is 8.17. The van der Waals surface area contributed by atoms with Gasteiger partial charge in [-0.3, -0.25) is 9.59 Å². The summed E-state index contributed by atoms with van der Waals surface area (Å²) in [5.74, 6) is -0.186. The molecule has 5 aromatic carbocycles. The Kier molecular flexibility index (Phi) is 4.75. The second-order valence-corrected chi connectivity index (χ2v) is 12.1. The van der Waals surface area contributed by atoms with E-state index >= 15 is 0 Å². The number of aromatic nitrogens is 1. The highest BCUT2D eigenvalue weighted by Gasteiger charge is 2.36. The fourth-order valence-electron chi connectivity index (χ4n) is 6.32. The van der Waals surface area contributed by atoms with E-state index in [1.54, 1.807) is 41.7 Å². The van der Waals surface area contributed by atoms with Crippen LogP contribution in [0, 0.1) is 0 Å². The molecular weight excluding hydrogens is 510 g/mol. The maximum atomic E-state index is 13.3. The van der Waals surface area contributed by atoms with Crippen LogP contribution in [0.3, 0.4) is 0 Å². The first-order chi connectivity index (χ1) is 19.4. The van der Waals surface area contributed by atoms with E-state index in [9.17, 15) is 9.59 Å². The van der Waals surface area contributed by atoms with Gasteiger partial charge in [0.1, 0.15) is 5.01 Å². The van der Waals surface area contributed by atoms with E-state index in [4.69, 9.17) is 4.98 Å². The van der Waals surface area contributed by atoms with Crippen molar-refractivity contribution in [1.29, 1.82) is 0 Å². The van der Waals surface area contributed by atoms with Crippen LogP contribution in [0.25, 0.3) is 43.0 Å². The molecule has 2 aliphatic rings. The fraction of sp³-hybridized carbons (Fsp3) is 0.0833. The van der Waals surface area contributed by atoms with Crippen LogP contribution in [-0.2, 0) is 5.41 Å². The molecule has 0 aliphatic heterocycles. The third kappa shape index (κ3) is 3.20. The van der Waals surface area contributed by atoms with Gasteiger partial charge in [0, 0.05) is 33.2 Å². The van der Waals surface area contributed by atoms with E-state index in [0.717, 1.165) is 27.2 Å². The Morgan fingerprint density at radius 3 is 1.77 bits per heavy atom. The van der Waals surface area contributed by atoms with Crippen LogP contribution in [0.2, 0.25) is 0 Å². The number of para-hydroxylation sites is 1. The molecular formula is C36H23NO2S. The van der Waals surface area contributed by atoms with Crippen LogP contribution in [0.5, 0.6) is 0 Å². The largest absolute Gasteiger partial charge is 0.289 e. The lowest BCUT2D eigenvalue weighted by Crippen LogP contribution is -2.20. The maximum Gasteiger partial charge on any atom is 0.194 e. The van der Waals surface area contributed by atoms with Crippen LogP contribution < -0.4 is 0 Å². The summed E-state index contributed by atoms with van der Waals surface area (Å²) in [5.41, 5.74) is 10.9. The van der Waals surface area contributed by atoms with E-state index in [2.05, 4.69) is 68.4 Å². The molecule has 8 rings (SSSR count). The van der Waals surface area contributed by atoms with E-state index in [-0.39, 0.29) is 17.0 Å². The minimum absolute atomic E-state index is 0.0915. The molecule has 0 fully saturated rings. The summed E-state index contributed by atoms with van der Waals surface area (Å²) in [6.45, 7) is 4.55. The quantitative estimate of drug-likeness (QED) is 0.223. The number of nitrogens with zero attached hydrogens (tertiary/aromatic N) is 1. The molecule has 190 valence electrons. The summed E-state index contributed by atoms with van der Waals surface area (Å²) in [6.07, 6.45) is 0. The van der Waals surface area contributed by atoms with Crippen molar-refractivity contribution in [2.24, 2.45) is 0 Å². The summed E-state index contributed by atoms with van der Waals surface area (Å²) >= 11 is 1.72. The normalized spacial score (nSPS) is 14.6. The predicted octanol–water partition coefficient (Wildman–Crippen LogP) is 8.71. The van der Waals surface area contributed by atoms with Gasteiger partial charge >= 0.3 is 0 Å². The number of hydrogen-bond donors (Lipinski definition) is 0. The first-order valence-corrected chi connectivity index (χ1v) is 14.2. The lowest BCUT2D eigenvalue weighted by Gasteiger charge is -2.23. The van der Waals surface area contributed by atoms with E-state index in [1.165, 1.54) is 27.0 Å². The number of rotatable bonds is 2. The van der Waals surface area contributed by atoms with Crippen molar-refractivity contribution in [1.82, 2.24) is 4.98 Å². The Bertz CT molecular complexity index is 2050. The Hall–Kier alpha value is -4.67. The molecule has 2 aliphatic carbocycles. The van der Waals surface area contributed by atoms with Gasteiger partial charge in [0.2, 0.25) is 0 Å². The fourth-order valence-corrected chi connectivity index (χ4v) is 7.29. The molecule has 0 bridgehead atoms. The van der Waals surface area contributed by atoms with Gasteiger partial charge in [-0.25, -0.2) is 4.98 Å². The third-order valence-corrected chi connectivity index (χ3v) is 9.56. The summed E-state index contributed by atoms with van der Waals surface area (Å²) in [6, 6.07) is 34.3. The molecule has 0 amide bonds. The van der Waals surface area contributed by atoms with Gasteiger partial charge in [-0.15, -0.1) is 11.3 Å². The molecule has 0 atom stereocenters. The topological polar surface area (TPSA) is 47.0 Å².